The lowest BCUT2D eigenvalue weighted by atomic mass is 10.3. The van der Waals surface area contributed by atoms with Crippen LogP contribution in [-0.4, -0.2) is 25.0 Å². The Balaban J connectivity index is 3.74. The predicted octanol–water partition coefficient (Wildman–Crippen LogP) is 1.90. The van der Waals surface area contributed by atoms with Gasteiger partial charge >= 0.3 is 0 Å². The summed E-state index contributed by atoms with van der Waals surface area (Å²) in [5.74, 6) is 0. The highest BCUT2D eigenvalue weighted by Crippen LogP contribution is 2.07. The van der Waals surface area contributed by atoms with Gasteiger partial charge in [-0.1, -0.05) is 13.8 Å². The summed E-state index contributed by atoms with van der Waals surface area (Å²) in [6, 6.07) is 0. The summed E-state index contributed by atoms with van der Waals surface area (Å²) in [6.45, 7) is 8.66. The molecule has 3 heteroatoms. The molecule has 3 nitrogen and oxygen atoms in total. The van der Waals surface area contributed by atoms with Gasteiger partial charge in [0.25, 0.3) is 0 Å². The Hall–Kier alpha value is -0.120. The second kappa shape index (κ2) is 7.30. The second-order valence-corrected chi connectivity index (χ2v) is 3.38. The van der Waals surface area contributed by atoms with Crippen LogP contribution >= 0.6 is 0 Å². The molecule has 0 bridgehead atoms. The van der Waals surface area contributed by atoms with Gasteiger partial charge in [0.2, 0.25) is 0 Å². The molecule has 2 N–H and O–H groups in total. The quantitative estimate of drug-likeness (QED) is 0.622. The van der Waals surface area contributed by atoms with Gasteiger partial charge in [-0.3, -0.25) is 0 Å². The molecule has 0 aliphatic rings. The molecule has 0 aliphatic heterocycles. The van der Waals surface area contributed by atoms with Crippen LogP contribution in [0.15, 0.2) is 0 Å². The zero-order chi connectivity index (χ0) is 10.3. The molecule has 0 spiro atoms. The smallest absolute Gasteiger partial charge is 0.170 e. The highest BCUT2D eigenvalue weighted by atomic mass is 16.7. The minimum Gasteiger partial charge on any atom is -0.348 e. The Morgan fingerprint density at radius 1 is 1.00 bits per heavy atom. The molecule has 0 aliphatic carbocycles. The molecule has 0 aromatic rings. The molecule has 0 amide bonds. The molecule has 0 radical (unpaired) electrons. The summed E-state index contributed by atoms with van der Waals surface area (Å²) >= 11 is 0. The van der Waals surface area contributed by atoms with Crippen LogP contribution in [-0.2, 0) is 9.47 Å². The van der Waals surface area contributed by atoms with Gasteiger partial charge in [0.05, 0.1) is 12.2 Å². The number of ether oxygens (including phenoxy) is 2. The van der Waals surface area contributed by atoms with E-state index in [1.54, 1.807) is 0 Å². The molecule has 0 saturated carbocycles. The first-order chi connectivity index (χ1) is 6.13. The van der Waals surface area contributed by atoms with E-state index in [0.717, 1.165) is 12.8 Å². The molecule has 0 rings (SSSR count). The number of hydrogen-bond donors (Lipinski definition) is 1. The predicted molar refractivity (Wildman–Crippen MR) is 54.5 cm³/mol. The second-order valence-electron chi connectivity index (χ2n) is 3.38. The number of rotatable bonds is 7. The Morgan fingerprint density at radius 2 is 1.38 bits per heavy atom. The standard InChI is InChI=1S/C10H23NO2/c1-5-8(3)12-10(7-11)13-9(4)6-2/h8-10H,5-7,11H2,1-4H3. The Morgan fingerprint density at radius 3 is 1.62 bits per heavy atom. The van der Waals surface area contributed by atoms with Gasteiger partial charge < -0.3 is 15.2 Å². The lowest BCUT2D eigenvalue weighted by molar-refractivity contribution is -0.182. The van der Waals surface area contributed by atoms with Crippen molar-refractivity contribution >= 4 is 0 Å². The highest BCUT2D eigenvalue weighted by molar-refractivity contribution is 4.54. The van der Waals surface area contributed by atoms with Crippen molar-refractivity contribution in [2.45, 2.75) is 59.0 Å². The molecule has 0 aromatic heterocycles. The van der Waals surface area contributed by atoms with E-state index in [2.05, 4.69) is 13.8 Å². The van der Waals surface area contributed by atoms with Gasteiger partial charge in [-0.05, 0) is 26.7 Å². The van der Waals surface area contributed by atoms with Crippen molar-refractivity contribution in [3.05, 3.63) is 0 Å². The van der Waals surface area contributed by atoms with Gasteiger partial charge in [-0.15, -0.1) is 0 Å². The summed E-state index contributed by atoms with van der Waals surface area (Å²) in [6.07, 6.45) is 2.17. The van der Waals surface area contributed by atoms with Crippen molar-refractivity contribution in [1.82, 2.24) is 0 Å². The maximum Gasteiger partial charge on any atom is 0.170 e. The van der Waals surface area contributed by atoms with E-state index >= 15 is 0 Å². The van der Waals surface area contributed by atoms with Crippen LogP contribution in [0.3, 0.4) is 0 Å². The van der Waals surface area contributed by atoms with Crippen LogP contribution in [0.25, 0.3) is 0 Å². The fourth-order valence-corrected chi connectivity index (χ4v) is 0.854. The maximum absolute atomic E-state index is 5.57. The Kier molecular flexibility index (Phi) is 7.23. The van der Waals surface area contributed by atoms with Crippen LogP contribution < -0.4 is 5.73 Å². The third-order valence-corrected chi connectivity index (χ3v) is 2.11. The first-order valence-electron chi connectivity index (χ1n) is 5.14. The van der Waals surface area contributed by atoms with Gasteiger partial charge in [0.15, 0.2) is 6.29 Å². The third kappa shape index (κ3) is 6.02. The number of hydrogen-bond acceptors (Lipinski definition) is 3. The van der Waals surface area contributed by atoms with Crippen molar-refractivity contribution in [2.24, 2.45) is 5.73 Å². The van der Waals surface area contributed by atoms with Crippen LogP contribution in [0.2, 0.25) is 0 Å². The molecular formula is C10H23NO2. The van der Waals surface area contributed by atoms with E-state index in [1.165, 1.54) is 0 Å². The monoisotopic (exact) mass is 189 g/mol. The summed E-state index contributed by atoms with van der Waals surface area (Å²) < 4.78 is 11.1. The zero-order valence-electron chi connectivity index (χ0n) is 9.25. The molecule has 2 unspecified atom stereocenters. The molecule has 0 aromatic carbocycles. The first kappa shape index (κ1) is 12.9. The van der Waals surface area contributed by atoms with E-state index < -0.39 is 0 Å². The van der Waals surface area contributed by atoms with Crippen molar-refractivity contribution in [3.8, 4) is 0 Å². The van der Waals surface area contributed by atoms with Crippen LogP contribution in [0.1, 0.15) is 40.5 Å². The van der Waals surface area contributed by atoms with Crippen LogP contribution in [0.4, 0.5) is 0 Å². The minimum absolute atomic E-state index is 0.220. The maximum atomic E-state index is 5.57. The molecule has 0 fully saturated rings. The van der Waals surface area contributed by atoms with Crippen molar-refractivity contribution in [2.75, 3.05) is 6.54 Å². The molecule has 80 valence electrons. The van der Waals surface area contributed by atoms with Gasteiger partial charge in [0.1, 0.15) is 0 Å². The lowest BCUT2D eigenvalue weighted by Gasteiger charge is -2.23. The third-order valence-electron chi connectivity index (χ3n) is 2.11. The summed E-state index contributed by atoms with van der Waals surface area (Å²) in [4.78, 5) is 0. The SMILES string of the molecule is CCC(C)OC(CN)OC(C)CC. The summed E-state index contributed by atoms with van der Waals surface area (Å²) in [7, 11) is 0. The van der Waals surface area contributed by atoms with Gasteiger partial charge in [0, 0.05) is 6.54 Å². The molecule has 13 heavy (non-hydrogen) atoms. The van der Waals surface area contributed by atoms with E-state index in [-0.39, 0.29) is 18.5 Å². The highest BCUT2D eigenvalue weighted by Gasteiger charge is 2.13. The average molecular weight is 189 g/mol. The lowest BCUT2D eigenvalue weighted by Crippen LogP contribution is -2.32. The topological polar surface area (TPSA) is 44.5 Å². The fourth-order valence-electron chi connectivity index (χ4n) is 0.854. The largest absolute Gasteiger partial charge is 0.348 e. The minimum atomic E-state index is -0.245. The Bertz CT molecular complexity index is 107. The van der Waals surface area contributed by atoms with E-state index in [9.17, 15) is 0 Å². The van der Waals surface area contributed by atoms with E-state index in [4.69, 9.17) is 15.2 Å². The fraction of sp³-hybridized carbons (Fsp3) is 1.00. The van der Waals surface area contributed by atoms with Crippen molar-refractivity contribution in [3.63, 3.8) is 0 Å². The molecule has 0 saturated heterocycles. The van der Waals surface area contributed by atoms with E-state index in [0.29, 0.717) is 6.54 Å². The zero-order valence-corrected chi connectivity index (χ0v) is 9.25. The summed E-state index contributed by atoms with van der Waals surface area (Å²) in [5.41, 5.74) is 5.53. The van der Waals surface area contributed by atoms with Crippen LogP contribution in [0, 0.1) is 0 Å². The molecular weight excluding hydrogens is 166 g/mol. The average Bonchev–Trinajstić information content (AvgIpc) is 2.16. The Labute approximate surface area is 81.6 Å². The number of nitrogens with two attached hydrogens (primary N) is 1. The molecule has 2 atom stereocenters. The first-order valence-corrected chi connectivity index (χ1v) is 5.14. The van der Waals surface area contributed by atoms with Crippen molar-refractivity contribution < 1.29 is 9.47 Å². The van der Waals surface area contributed by atoms with Crippen molar-refractivity contribution in [1.29, 1.82) is 0 Å². The van der Waals surface area contributed by atoms with Crippen LogP contribution in [0.5, 0.6) is 0 Å². The normalized spacial score (nSPS) is 18.2. The van der Waals surface area contributed by atoms with Gasteiger partial charge in [-0.2, -0.15) is 0 Å². The molecule has 0 heterocycles. The van der Waals surface area contributed by atoms with E-state index in [1.807, 2.05) is 13.8 Å². The van der Waals surface area contributed by atoms with Gasteiger partial charge in [-0.25, -0.2) is 0 Å². The summed E-state index contributed by atoms with van der Waals surface area (Å²) in [5, 5.41) is 0.